The summed E-state index contributed by atoms with van der Waals surface area (Å²) in [6.45, 7) is 0.542. The lowest BCUT2D eigenvalue weighted by molar-refractivity contribution is -0.134. The molecule has 1 aromatic heterocycles. The number of carbonyl (C=O) groups is 1. The number of benzene rings is 2. The van der Waals surface area contributed by atoms with E-state index in [0.29, 0.717) is 11.6 Å². The Bertz CT molecular complexity index is 944. The van der Waals surface area contributed by atoms with Crippen molar-refractivity contribution >= 4 is 17.5 Å². The predicted molar refractivity (Wildman–Crippen MR) is 112 cm³/mol. The molecular weight excluding hydrogens is 370 g/mol. The van der Waals surface area contributed by atoms with Crippen molar-refractivity contribution in [2.45, 2.75) is 32.2 Å². The van der Waals surface area contributed by atoms with Crippen LogP contribution in [0.1, 0.15) is 31.2 Å². The summed E-state index contributed by atoms with van der Waals surface area (Å²) in [7, 11) is 1.89. The number of halogens is 1. The molecule has 5 heteroatoms. The maximum absolute atomic E-state index is 12.8. The average molecular weight is 394 g/mol. The third kappa shape index (κ3) is 3.97. The first-order chi connectivity index (χ1) is 13.6. The second-order valence-corrected chi connectivity index (χ2v) is 7.90. The lowest BCUT2D eigenvalue weighted by Gasteiger charge is -2.20. The van der Waals surface area contributed by atoms with Crippen LogP contribution in [0.4, 0.5) is 0 Å². The molecule has 2 aromatic carbocycles. The fourth-order valence-electron chi connectivity index (χ4n) is 3.91. The normalized spacial score (nSPS) is 14.4. The molecule has 0 radical (unpaired) electrons. The minimum Gasteiger partial charge on any atom is -0.341 e. The zero-order valence-electron chi connectivity index (χ0n) is 16.0. The summed E-state index contributed by atoms with van der Waals surface area (Å²) >= 11 is 6.06. The van der Waals surface area contributed by atoms with E-state index < -0.39 is 0 Å². The number of hydrogen-bond acceptors (Lipinski definition) is 2. The van der Waals surface area contributed by atoms with Gasteiger partial charge in [-0.15, -0.1) is 0 Å². The van der Waals surface area contributed by atoms with Crippen LogP contribution in [0.2, 0.25) is 5.02 Å². The second kappa shape index (κ2) is 8.19. The molecule has 1 saturated carbocycles. The summed E-state index contributed by atoms with van der Waals surface area (Å²) in [4.78, 5) is 14.6. The van der Waals surface area contributed by atoms with Crippen LogP contribution in [0.3, 0.4) is 0 Å². The van der Waals surface area contributed by atoms with Crippen molar-refractivity contribution in [3.8, 4) is 16.9 Å². The van der Waals surface area contributed by atoms with E-state index in [4.69, 9.17) is 16.7 Å². The Balaban J connectivity index is 1.66. The van der Waals surface area contributed by atoms with Crippen molar-refractivity contribution in [3.05, 3.63) is 71.4 Å². The molecule has 4 rings (SSSR count). The van der Waals surface area contributed by atoms with Crippen LogP contribution >= 0.6 is 11.6 Å². The highest BCUT2D eigenvalue weighted by atomic mass is 35.5. The zero-order valence-corrected chi connectivity index (χ0v) is 16.8. The van der Waals surface area contributed by atoms with E-state index >= 15 is 0 Å². The first-order valence-electron chi connectivity index (χ1n) is 9.77. The van der Waals surface area contributed by atoms with Crippen LogP contribution in [0.5, 0.6) is 0 Å². The maximum atomic E-state index is 12.8. The van der Waals surface area contributed by atoms with Crippen molar-refractivity contribution in [1.82, 2.24) is 14.7 Å². The Morgan fingerprint density at radius 3 is 2.46 bits per heavy atom. The molecule has 0 N–H and O–H groups in total. The highest BCUT2D eigenvalue weighted by molar-refractivity contribution is 6.30. The first-order valence-corrected chi connectivity index (χ1v) is 10.1. The lowest BCUT2D eigenvalue weighted by Crippen LogP contribution is -2.31. The highest BCUT2D eigenvalue weighted by Crippen LogP contribution is 2.29. The second-order valence-electron chi connectivity index (χ2n) is 7.47. The van der Waals surface area contributed by atoms with Crippen LogP contribution in [-0.2, 0) is 11.3 Å². The first kappa shape index (κ1) is 18.8. The van der Waals surface area contributed by atoms with Gasteiger partial charge in [-0.05, 0) is 37.1 Å². The quantitative estimate of drug-likeness (QED) is 0.586. The Morgan fingerprint density at radius 2 is 1.79 bits per heavy atom. The maximum Gasteiger partial charge on any atom is 0.225 e. The van der Waals surface area contributed by atoms with E-state index in [1.807, 2.05) is 77.4 Å². The van der Waals surface area contributed by atoms with E-state index in [-0.39, 0.29) is 11.8 Å². The molecule has 0 saturated heterocycles. The SMILES string of the molecule is CN(Cc1cn(-c2ccccc2)nc1-c1ccc(Cl)cc1)C(=O)C1CCCC1. The number of aromatic nitrogens is 2. The molecule has 1 fully saturated rings. The van der Waals surface area contributed by atoms with E-state index in [2.05, 4.69) is 0 Å². The van der Waals surface area contributed by atoms with Gasteiger partial charge in [-0.25, -0.2) is 4.68 Å². The number of nitrogens with zero attached hydrogens (tertiary/aromatic N) is 3. The van der Waals surface area contributed by atoms with Crippen molar-refractivity contribution in [2.75, 3.05) is 7.05 Å². The van der Waals surface area contributed by atoms with Gasteiger partial charge in [-0.1, -0.05) is 54.8 Å². The largest absolute Gasteiger partial charge is 0.341 e. The average Bonchev–Trinajstić information content (AvgIpc) is 3.39. The van der Waals surface area contributed by atoms with Crippen LogP contribution in [-0.4, -0.2) is 27.6 Å². The summed E-state index contributed by atoms with van der Waals surface area (Å²) in [5, 5.41) is 5.52. The number of carbonyl (C=O) groups excluding carboxylic acids is 1. The molecule has 0 unspecified atom stereocenters. The monoisotopic (exact) mass is 393 g/mol. The number of amides is 1. The van der Waals surface area contributed by atoms with Gasteiger partial charge in [0.15, 0.2) is 0 Å². The molecule has 0 atom stereocenters. The third-order valence-electron chi connectivity index (χ3n) is 5.42. The molecule has 1 heterocycles. The molecule has 1 aliphatic rings. The lowest BCUT2D eigenvalue weighted by atomic mass is 10.1. The van der Waals surface area contributed by atoms with Crippen LogP contribution in [0.25, 0.3) is 16.9 Å². The molecule has 0 spiro atoms. The summed E-state index contributed by atoms with van der Waals surface area (Å²) in [5.74, 6) is 0.417. The molecule has 4 nitrogen and oxygen atoms in total. The summed E-state index contributed by atoms with van der Waals surface area (Å²) in [6.07, 6.45) is 6.36. The van der Waals surface area contributed by atoms with Crippen LogP contribution in [0.15, 0.2) is 60.8 Å². The van der Waals surface area contributed by atoms with Crippen molar-refractivity contribution < 1.29 is 4.79 Å². The summed E-state index contributed by atoms with van der Waals surface area (Å²) < 4.78 is 1.88. The molecule has 1 amide bonds. The Hall–Kier alpha value is -2.59. The number of para-hydroxylation sites is 1. The van der Waals surface area contributed by atoms with E-state index in [1.54, 1.807) is 0 Å². The zero-order chi connectivity index (χ0) is 19.5. The van der Waals surface area contributed by atoms with Crippen molar-refractivity contribution in [2.24, 2.45) is 5.92 Å². The molecule has 28 heavy (non-hydrogen) atoms. The van der Waals surface area contributed by atoms with E-state index in [1.165, 1.54) is 0 Å². The number of hydrogen-bond donors (Lipinski definition) is 0. The fraction of sp³-hybridized carbons (Fsp3) is 0.304. The van der Waals surface area contributed by atoms with E-state index in [0.717, 1.165) is 48.2 Å². The molecule has 1 aliphatic carbocycles. The third-order valence-corrected chi connectivity index (χ3v) is 5.67. The Kier molecular flexibility index (Phi) is 5.49. The van der Waals surface area contributed by atoms with Gasteiger partial charge >= 0.3 is 0 Å². The van der Waals surface area contributed by atoms with Crippen LogP contribution < -0.4 is 0 Å². The van der Waals surface area contributed by atoms with E-state index in [9.17, 15) is 4.79 Å². The van der Waals surface area contributed by atoms with Crippen molar-refractivity contribution in [3.63, 3.8) is 0 Å². The predicted octanol–water partition coefficient (Wildman–Crippen LogP) is 5.34. The van der Waals surface area contributed by atoms with Gasteiger partial charge in [0.25, 0.3) is 0 Å². The Labute approximate surface area is 170 Å². The fourth-order valence-corrected chi connectivity index (χ4v) is 4.03. The van der Waals surface area contributed by atoms with Gasteiger partial charge in [0.1, 0.15) is 0 Å². The topological polar surface area (TPSA) is 38.1 Å². The minimum atomic E-state index is 0.174. The van der Waals surface area contributed by atoms with Gasteiger partial charge in [0, 0.05) is 41.9 Å². The van der Waals surface area contributed by atoms with Gasteiger partial charge in [-0.3, -0.25) is 4.79 Å². The molecule has 144 valence electrons. The standard InChI is InChI=1S/C23H24ClN3O/c1-26(23(28)18-7-5-6-8-18)15-19-16-27(21-9-3-2-4-10-21)25-22(19)17-11-13-20(24)14-12-17/h2-4,9-14,16,18H,5-8,15H2,1H3. The highest BCUT2D eigenvalue weighted by Gasteiger charge is 2.26. The molecule has 3 aromatic rings. The van der Waals surface area contributed by atoms with Gasteiger partial charge in [0.2, 0.25) is 5.91 Å². The summed E-state index contributed by atoms with van der Waals surface area (Å²) in [5.41, 5.74) is 3.90. The number of rotatable bonds is 5. The molecule has 0 aliphatic heterocycles. The van der Waals surface area contributed by atoms with Crippen LogP contribution in [0, 0.1) is 5.92 Å². The Morgan fingerprint density at radius 1 is 1.11 bits per heavy atom. The van der Waals surface area contributed by atoms with Gasteiger partial charge in [-0.2, -0.15) is 5.10 Å². The molecule has 0 bridgehead atoms. The van der Waals surface area contributed by atoms with Gasteiger partial charge in [0.05, 0.1) is 11.4 Å². The van der Waals surface area contributed by atoms with Gasteiger partial charge < -0.3 is 4.90 Å². The summed E-state index contributed by atoms with van der Waals surface area (Å²) in [6, 6.07) is 17.7. The smallest absolute Gasteiger partial charge is 0.225 e. The molecular formula is C23H24ClN3O. The minimum absolute atomic E-state index is 0.174. The van der Waals surface area contributed by atoms with Crippen molar-refractivity contribution in [1.29, 1.82) is 0 Å².